The van der Waals surface area contributed by atoms with Crippen molar-refractivity contribution in [3.63, 3.8) is 0 Å². The number of benzene rings is 1. The zero-order chi connectivity index (χ0) is 15.2. The van der Waals surface area contributed by atoms with Crippen molar-refractivity contribution in [3.05, 3.63) is 35.7 Å². The third-order valence-electron chi connectivity index (χ3n) is 2.91. The minimum atomic E-state index is -0.834. The maximum Gasteiger partial charge on any atom is 0.307 e. The van der Waals surface area contributed by atoms with Crippen molar-refractivity contribution in [3.8, 4) is 5.75 Å². The molecule has 21 heavy (non-hydrogen) atoms. The predicted octanol–water partition coefficient (Wildman–Crippen LogP) is 1.92. The number of carbonyl (C=O) groups is 1. The number of thioether (sulfide) groups is 1. The fourth-order valence-corrected chi connectivity index (χ4v) is 2.46. The predicted molar refractivity (Wildman–Crippen MR) is 79.7 cm³/mol. The van der Waals surface area contributed by atoms with Crippen molar-refractivity contribution in [2.75, 3.05) is 12.4 Å². The summed E-state index contributed by atoms with van der Waals surface area (Å²) >= 11 is 1.59. The molecule has 7 heteroatoms. The Balaban J connectivity index is 1.76. The van der Waals surface area contributed by atoms with Gasteiger partial charge in [-0.2, -0.15) is 0 Å². The Morgan fingerprint density at radius 1 is 1.33 bits per heavy atom. The number of nitrogens with zero attached hydrogens (tertiary/aromatic N) is 3. The Morgan fingerprint density at radius 2 is 2.05 bits per heavy atom. The van der Waals surface area contributed by atoms with Crippen LogP contribution in [-0.4, -0.2) is 38.2 Å². The number of carboxylic acid groups (broad SMARTS) is 1. The molecular formula is C14H17N3O3S. The van der Waals surface area contributed by atoms with Crippen LogP contribution in [0.4, 0.5) is 0 Å². The van der Waals surface area contributed by atoms with Crippen LogP contribution in [0.3, 0.4) is 0 Å². The second-order valence-electron chi connectivity index (χ2n) is 4.50. The van der Waals surface area contributed by atoms with Gasteiger partial charge in [0.05, 0.1) is 13.0 Å². The Bertz CT molecular complexity index is 610. The van der Waals surface area contributed by atoms with E-state index in [0.29, 0.717) is 6.61 Å². The lowest BCUT2D eigenvalue weighted by atomic mass is 10.1. The van der Waals surface area contributed by atoms with Gasteiger partial charge < -0.3 is 14.4 Å². The van der Waals surface area contributed by atoms with Crippen LogP contribution in [0.25, 0.3) is 0 Å². The van der Waals surface area contributed by atoms with Crippen LogP contribution >= 0.6 is 11.8 Å². The highest BCUT2D eigenvalue weighted by molar-refractivity contribution is 7.99. The summed E-state index contributed by atoms with van der Waals surface area (Å²) in [6, 6.07) is 7.11. The first kappa shape index (κ1) is 15.4. The van der Waals surface area contributed by atoms with E-state index in [1.54, 1.807) is 36.0 Å². The molecule has 0 radical (unpaired) electrons. The van der Waals surface area contributed by atoms with E-state index in [1.165, 1.54) is 0 Å². The molecule has 0 atom stereocenters. The smallest absolute Gasteiger partial charge is 0.307 e. The van der Waals surface area contributed by atoms with Gasteiger partial charge in [0.2, 0.25) is 0 Å². The summed E-state index contributed by atoms with van der Waals surface area (Å²) in [5, 5.41) is 17.6. The van der Waals surface area contributed by atoms with Crippen LogP contribution in [0, 0.1) is 6.92 Å². The Labute approximate surface area is 127 Å². The van der Waals surface area contributed by atoms with Crippen molar-refractivity contribution in [1.82, 2.24) is 14.8 Å². The van der Waals surface area contributed by atoms with Gasteiger partial charge in [-0.15, -0.1) is 10.2 Å². The molecular weight excluding hydrogens is 290 g/mol. The fraction of sp³-hybridized carbons (Fsp3) is 0.357. The molecule has 6 nitrogen and oxygen atoms in total. The lowest BCUT2D eigenvalue weighted by molar-refractivity contribution is -0.136. The van der Waals surface area contributed by atoms with Crippen molar-refractivity contribution in [2.24, 2.45) is 7.05 Å². The van der Waals surface area contributed by atoms with Crippen molar-refractivity contribution < 1.29 is 14.6 Å². The topological polar surface area (TPSA) is 77.2 Å². The molecule has 0 saturated carbocycles. The average Bonchev–Trinajstić information content (AvgIpc) is 2.76. The molecule has 0 spiro atoms. The molecule has 0 unspecified atom stereocenters. The standard InChI is InChI=1S/C14H17N3O3S/c1-10-15-16-14(17(10)2)21-8-7-20-12-5-3-11(4-6-12)9-13(18)19/h3-6H,7-9H2,1-2H3,(H,18,19). The summed E-state index contributed by atoms with van der Waals surface area (Å²) in [5.41, 5.74) is 0.763. The molecule has 1 aromatic carbocycles. The Morgan fingerprint density at radius 3 is 2.62 bits per heavy atom. The van der Waals surface area contributed by atoms with Crippen molar-refractivity contribution in [2.45, 2.75) is 18.5 Å². The van der Waals surface area contributed by atoms with Crippen LogP contribution < -0.4 is 4.74 Å². The highest BCUT2D eigenvalue weighted by Gasteiger charge is 2.05. The molecule has 0 saturated heterocycles. The van der Waals surface area contributed by atoms with Crippen molar-refractivity contribution >= 4 is 17.7 Å². The Kier molecular flexibility index (Phi) is 5.21. The van der Waals surface area contributed by atoms with E-state index in [4.69, 9.17) is 9.84 Å². The second kappa shape index (κ2) is 7.12. The number of hydrogen-bond donors (Lipinski definition) is 1. The van der Waals surface area contributed by atoms with Crippen LogP contribution in [0.2, 0.25) is 0 Å². The number of carboxylic acids is 1. The van der Waals surface area contributed by atoms with Crippen LogP contribution in [-0.2, 0) is 18.3 Å². The lowest BCUT2D eigenvalue weighted by Gasteiger charge is -2.06. The summed E-state index contributed by atoms with van der Waals surface area (Å²) in [6.07, 6.45) is 0.0294. The van der Waals surface area contributed by atoms with E-state index in [9.17, 15) is 4.79 Å². The molecule has 0 bridgehead atoms. The first-order valence-electron chi connectivity index (χ1n) is 6.48. The van der Waals surface area contributed by atoms with E-state index < -0.39 is 5.97 Å². The second-order valence-corrected chi connectivity index (χ2v) is 5.56. The number of aliphatic carboxylic acids is 1. The normalized spacial score (nSPS) is 10.6. The quantitative estimate of drug-likeness (QED) is 0.622. The number of rotatable bonds is 7. The van der Waals surface area contributed by atoms with E-state index in [1.807, 2.05) is 18.5 Å². The summed E-state index contributed by atoms with van der Waals surface area (Å²) in [7, 11) is 1.93. The Hall–Kier alpha value is -2.02. The SMILES string of the molecule is Cc1nnc(SCCOc2ccc(CC(=O)O)cc2)n1C. The maximum absolute atomic E-state index is 10.6. The molecule has 0 aliphatic rings. The van der Waals surface area contributed by atoms with E-state index in [2.05, 4.69) is 10.2 Å². The molecule has 1 heterocycles. The molecule has 112 valence electrons. The highest BCUT2D eigenvalue weighted by atomic mass is 32.2. The lowest BCUT2D eigenvalue weighted by Crippen LogP contribution is -2.03. The zero-order valence-electron chi connectivity index (χ0n) is 11.9. The van der Waals surface area contributed by atoms with Crippen LogP contribution in [0.5, 0.6) is 5.75 Å². The van der Waals surface area contributed by atoms with E-state index >= 15 is 0 Å². The number of aromatic nitrogens is 3. The summed E-state index contributed by atoms with van der Waals surface area (Å²) in [5.74, 6) is 1.55. The maximum atomic E-state index is 10.6. The van der Waals surface area contributed by atoms with Gasteiger partial charge in [0, 0.05) is 12.8 Å². The van der Waals surface area contributed by atoms with Crippen LogP contribution in [0.15, 0.2) is 29.4 Å². The monoisotopic (exact) mass is 307 g/mol. The molecule has 1 aromatic heterocycles. The van der Waals surface area contributed by atoms with Gasteiger partial charge in [0.25, 0.3) is 0 Å². The average molecular weight is 307 g/mol. The van der Waals surface area contributed by atoms with E-state index in [-0.39, 0.29) is 6.42 Å². The third-order valence-corrected chi connectivity index (χ3v) is 3.90. The van der Waals surface area contributed by atoms with Crippen molar-refractivity contribution in [1.29, 1.82) is 0 Å². The highest BCUT2D eigenvalue weighted by Crippen LogP contribution is 2.17. The summed E-state index contributed by atoms with van der Waals surface area (Å²) in [4.78, 5) is 10.6. The third kappa shape index (κ3) is 4.49. The van der Waals surface area contributed by atoms with Gasteiger partial charge in [-0.05, 0) is 24.6 Å². The largest absolute Gasteiger partial charge is 0.493 e. The molecule has 0 aliphatic heterocycles. The van der Waals surface area contributed by atoms with Gasteiger partial charge in [-0.1, -0.05) is 23.9 Å². The summed E-state index contributed by atoms with van der Waals surface area (Å²) in [6.45, 7) is 2.46. The first-order chi connectivity index (χ1) is 10.1. The van der Waals surface area contributed by atoms with Gasteiger partial charge in [0.1, 0.15) is 11.6 Å². The molecule has 1 N–H and O–H groups in total. The van der Waals surface area contributed by atoms with Crippen LogP contribution in [0.1, 0.15) is 11.4 Å². The molecule has 2 rings (SSSR count). The number of ether oxygens (including phenoxy) is 1. The van der Waals surface area contributed by atoms with E-state index in [0.717, 1.165) is 28.0 Å². The molecule has 0 aliphatic carbocycles. The molecule has 0 amide bonds. The van der Waals surface area contributed by atoms with Gasteiger partial charge >= 0.3 is 5.97 Å². The van der Waals surface area contributed by atoms with Gasteiger partial charge in [-0.3, -0.25) is 4.79 Å². The van der Waals surface area contributed by atoms with Gasteiger partial charge in [0.15, 0.2) is 5.16 Å². The first-order valence-corrected chi connectivity index (χ1v) is 7.47. The minimum absolute atomic E-state index is 0.0294. The molecule has 2 aromatic rings. The number of hydrogen-bond acceptors (Lipinski definition) is 5. The zero-order valence-corrected chi connectivity index (χ0v) is 12.8. The molecule has 0 fully saturated rings. The minimum Gasteiger partial charge on any atom is -0.493 e. The number of aryl methyl sites for hydroxylation is 1. The fourth-order valence-electron chi connectivity index (χ4n) is 1.68. The summed E-state index contributed by atoms with van der Waals surface area (Å²) < 4.78 is 7.54. The van der Waals surface area contributed by atoms with Gasteiger partial charge in [-0.25, -0.2) is 0 Å².